The lowest BCUT2D eigenvalue weighted by Crippen LogP contribution is -2.34. The SMILES string of the molecule is N#Cc1ccc(N2C(=O)CC3(CCCC3)C2=O)cc1. The Bertz CT molecular complexity index is 577. The van der Waals surface area contributed by atoms with Crippen LogP contribution in [0.4, 0.5) is 5.69 Å². The number of imide groups is 1. The summed E-state index contributed by atoms with van der Waals surface area (Å²) in [6, 6.07) is 8.63. The first-order valence-electron chi connectivity index (χ1n) is 6.54. The van der Waals surface area contributed by atoms with E-state index in [9.17, 15) is 9.59 Å². The van der Waals surface area contributed by atoms with Crippen molar-refractivity contribution in [2.75, 3.05) is 4.90 Å². The topological polar surface area (TPSA) is 61.2 Å². The lowest BCUT2D eigenvalue weighted by atomic mass is 9.84. The molecular formula is C15H14N2O2. The van der Waals surface area contributed by atoms with Gasteiger partial charge in [-0.3, -0.25) is 14.5 Å². The maximum atomic E-state index is 12.5. The minimum Gasteiger partial charge on any atom is -0.274 e. The number of hydrogen-bond acceptors (Lipinski definition) is 3. The minimum absolute atomic E-state index is 0.0558. The number of carbonyl (C=O) groups excluding carboxylic acids is 2. The first kappa shape index (κ1) is 11.9. The molecular weight excluding hydrogens is 240 g/mol. The van der Waals surface area contributed by atoms with Crippen LogP contribution >= 0.6 is 0 Å². The molecule has 1 aromatic rings. The number of benzene rings is 1. The van der Waals surface area contributed by atoms with E-state index in [4.69, 9.17) is 5.26 Å². The summed E-state index contributed by atoms with van der Waals surface area (Å²) in [7, 11) is 0. The molecule has 2 fully saturated rings. The van der Waals surface area contributed by atoms with Crippen molar-refractivity contribution in [3.05, 3.63) is 29.8 Å². The Labute approximate surface area is 111 Å². The standard InChI is InChI=1S/C15H14N2O2/c16-10-11-3-5-12(6-4-11)17-13(18)9-15(14(17)19)7-1-2-8-15/h3-6H,1-2,7-9H2. The molecule has 3 rings (SSSR count). The van der Waals surface area contributed by atoms with Crippen molar-refractivity contribution < 1.29 is 9.59 Å². The molecule has 0 bridgehead atoms. The lowest BCUT2D eigenvalue weighted by molar-refractivity contribution is -0.125. The summed E-state index contributed by atoms with van der Waals surface area (Å²) < 4.78 is 0. The summed E-state index contributed by atoms with van der Waals surface area (Å²) in [5.41, 5.74) is 0.668. The monoisotopic (exact) mass is 254 g/mol. The average molecular weight is 254 g/mol. The Morgan fingerprint density at radius 1 is 1.11 bits per heavy atom. The van der Waals surface area contributed by atoms with Crippen LogP contribution in [0.15, 0.2) is 24.3 Å². The molecule has 1 aliphatic heterocycles. The van der Waals surface area contributed by atoms with Gasteiger partial charge in [0.25, 0.3) is 0 Å². The van der Waals surface area contributed by atoms with Crippen LogP contribution in [-0.4, -0.2) is 11.8 Å². The van der Waals surface area contributed by atoms with Crippen molar-refractivity contribution in [1.82, 2.24) is 0 Å². The van der Waals surface area contributed by atoms with Crippen molar-refractivity contribution in [3.8, 4) is 6.07 Å². The van der Waals surface area contributed by atoms with E-state index in [-0.39, 0.29) is 11.8 Å². The third kappa shape index (κ3) is 1.74. The maximum absolute atomic E-state index is 12.5. The van der Waals surface area contributed by atoms with Gasteiger partial charge in [0.05, 0.1) is 22.7 Å². The fourth-order valence-corrected chi connectivity index (χ4v) is 3.18. The zero-order valence-electron chi connectivity index (χ0n) is 10.6. The second-order valence-electron chi connectivity index (χ2n) is 5.36. The van der Waals surface area contributed by atoms with Gasteiger partial charge >= 0.3 is 0 Å². The van der Waals surface area contributed by atoms with Crippen LogP contribution in [-0.2, 0) is 9.59 Å². The molecule has 2 amide bonds. The number of hydrogen-bond donors (Lipinski definition) is 0. The smallest absolute Gasteiger partial charge is 0.240 e. The molecule has 2 aliphatic rings. The van der Waals surface area contributed by atoms with Crippen molar-refractivity contribution in [1.29, 1.82) is 5.26 Å². The van der Waals surface area contributed by atoms with Gasteiger partial charge in [0.15, 0.2) is 0 Å². The summed E-state index contributed by atoms with van der Waals surface area (Å²) in [5, 5.41) is 8.77. The normalized spacial score (nSPS) is 21.1. The molecule has 1 heterocycles. The van der Waals surface area contributed by atoms with Gasteiger partial charge in [0.2, 0.25) is 11.8 Å². The van der Waals surface area contributed by atoms with E-state index in [1.807, 2.05) is 6.07 Å². The predicted molar refractivity (Wildman–Crippen MR) is 69.2 cm³/mol. The second-order valence-corrected chi connectivity index (χ2v) is 5.36. The molecule has 19 heavy (non-hydrogen) atoms. The third-order valence-corrected chi connectivity index (χ3v) is 4.21. The highest BCUT2D eigenvalue weighted by atomic mass is 16.2. The highest BCUT2D eigenvalue weighted by molar-refractivity contribution is 6.22. The summed E-state index contributed by atoms with van der Waals surface area (Å²) in [6.07, 6.45) is 4.04. The molecule has 96 valence electrons. The van der Waals surface area contributed by atoms with E-state index in [0.717, 1.165) is 25.7 Å². The number of nitriles is 1. The molecule has 1 saturated heterocycles. The van der Waals surface area contributed by atoms with Crippen LogP contribution in [0.3, 0.4) is 0 Å². The van der Waals surface area contributed by atoms with Crippen LogP contribution in [0.1, 0.15) is 37.7 Å². The predicted octanol–water partition coefficient (Wildman–Crippen LogP) is 2.38. The molecule has 4 heteroatoms. The van der Waals surface area contributed by atoms with E-state index < -0.39 is 5.41 Å². The van der Waals surface area contributed by atoms with Crippen molar-refractivity contribution in [3.63, 3.8) is 0 Å². The molecule has 0 aromatic heterocycles. The first-order valence-corrected chi connectivity index (χ1v) is 6.54. The van der Waals surface area contributed by atoms with Gasteiger partial charge in [-0.1, -0.05) is 12.8 Å². The van der Waals surface area contributed by atoms with E-state index >= 15 is 0 Å². The molecule has 1 spiro atoms. The second kappa shape index (κ2) is 4.20. The third-order valence-electron chi connectivity index (χ3n) is 4.21. The number of anilines is 1. The van der Waals surface area contributed by atoms with Crippen LogP contribution in [0.2, 0.25) is 0 Å². The molecule has 0 N–H and O–H groups in total. The largest absolute Gasteiger partial charge is 0.274 e. The van der Waals surface area contributed by atoms with Gasteiger partial charge in [-0.25, -0.2) is 0 Å². The average Bonchev–Trinajstić information content (AvgIpc) is 2.97. The molecule has 1 aromatic carbocycles. The van der Waals surface area contributed by atoms with E-state index in [1.165, 1.54) is 4.90 Å². The zero-order valence-corrected chi connectivity index (χ0v) is 10.6. The van der Waals surface area contributed by atoms with Crippen LogP contribution in [0.25, 0.3) is 0 Å². The summed E-state index contributed by atoms with van der Waals surface area (Å²) in [6.45, 7) is 0. The number of amides is 2. The van der Waals surface area contributed by atoms with Crippen molar-refractivity contribution >= 4 is 17.5 Å². The minimum atomic E-state index is -0.440. The van der Waals surface area contributed by atoms with E-state index in [2.05, 4.69) is 0 Å². The quantitative estimate of drug-likeness (QED) is 0.723. The Kier molecular flexibility index (Phi) is 2.63. The first-order chi connectivity index (χ1) is 9.16. The lowest BCUT2D eigenvalue weighted by Gasteiger charge is -2.20. The fraction of sp³-hybridized carbons (Fsp3) is 0.400. The van der Waals surface area contributed by atoms with E-state index in [0.29, 0.717) is 17.7 Å². The van der Waals surface area contributed by atoms with E-state index in [1.54, 1.807) is 24.3 Å². The summed E-state index contributed by atoms with van der Waals surface area (Å²) in [4.78, 5) is 26.0. The molecule has 1 saturated carbocycles. The summed E-state index contributed by atoms with van der Waals surface area (Å²) >= 11 is 0. The highest BCUT2D eigenvalue weighted by Crippen LogP contribution is 2.47. The molecule has 0 atom stereocenters. The fourth-order valence-electron chi connectivity index (χ4n) is 3.18. The Morgan fingerprint density at radius 2 is 1.74 bits per heavy atom. The number of carbonyl (C=O) groups is 2. The number of nitrogens with zero attached hydrogens (tertiary/aromatic N) is 2. The van der Waals surface area contributed by atoms with Crippen molar-refractivity contribution in [2.24, 2.45) is 5.41 Å². The van der Waals surface area contributed by atoms with Gasteiger partial charge in [0.1, 0.15) is 0 Å². The van der Waals surface area contributed by atoms with Crippen LogP contribution in [0.5, 0.6) is 0 Å². The van der Waals surface area contributed by atoms with Crippen molar-refractivity contribution in [2.45, 2.75) is 32.1 Å². The highest BCUT2D eigenvalue weighted by Gasteiger charge is 2.52. The Morgan fingerprint density at radius 3 is 2.32 bits per heavy atom. The van der Waals surface area contributed by atoms with Gasteiger partial charge < -0.3 is 0 Å². The van der Waals surface area contributed by atoms with Gasteiger partial charge in [0, 0.05) is 6.42 Å². The molecule has 0 unspecified atom stereocenters. The Balaban J connectivity index is 1.94. The molecule has 1 aliphatic carbocycles. The summed E-state index contributed by atoms with van der Waals surface area (Å²) in [5.74, 6) is -0.170. The van der Waals surface area contributed by atoms with Crippen LogP contribution in [0, 0.1) is 16.7 Å². The Hall–Kier alpha value is -2.15. The van der Waals surface area contributed by atoms with Gasteiger partial charge in [-0.05, 0) is 37.1 Å². The molecule has 4 nitrogen and oxygen atoms in total. The number of rotatable bonds is 1. The van der Waals surface area contributed by atoms with Gasteiger partial charge in [-0.2, -0.15) is 5.26 Å². The van der Waals surface area contributed by atoms with Gasteiger partial charge in [-0.15, -0.1) is 0 Å². The van der Waals surface area contributed by atoms with Crippen LogP contribution < -0.4 is 4.90 Å². The zero-order chi connectivity index (χ0) is 13.5. The molecule has 0 radical (unpaired) electrons. The maximum Gasteiger partial charge on any atom is 0.240 e.